The van der Waals surface area contributed by atoms with Crippen molar-refractivity contribution in [3.05, 3.63) is 41.1 Å². The van der Waals surface area contributed by atoms with Gasteiger partial charge in [0.2, 0.25) is 0 Å². The molecular formula is C20H27N9O. The molecule has 10 heteroatoms. The first-order valence-electron chi connectivity index (χ1n) is 10.3. The largest absolute Gasteiger partial charge is 0.338 e. The summed E-state index contributed by atoms with van der Waals surface area (Å²) < 4.78 is 3.42. The van der Waals surface area contributed by atoms with Crippen molar-refractivity contribution in [3.8, 4) is 5.82 Å². The fourth-order valence-corrected chi connectivity index (χ4v) is 3.43. The molecule has 3 heterocycles. The molecule has 0 saturated heterocycles. The van der Waals surface area contributed by atoms with E-state index >= 15 is 0 Å². The molecule has 3 aromatic heterocycles. The molecule has 1 aliphatic rings. The second kappa shape index (κ2) is 8.21. The summed E-state index contributed by atoms with van der Waals surface area (Å²) >= 11 is 0. The Hall–Kier alpha value is -3.30. The number of nitrogens with one attached hydrogen (secondary N) is 2. The van der Waals surface area contributed by atoms with Crippen LogP contribution in [0, 0.1) is 13.8 Å². The maximum absolute atomic E-state index is 12.6. The summed E-state index contributed by atoms with van der Waals surface area (Å²) in [6.07, 6.45) is 7.42. The highest BCUT2D eigenvalue weighted by Gasteiger charge is 2.26. The predicted octanol–water partition coefficient (Wildman–Crippen LogP) is 2.21. The van der Waals surface area contributed by atoms with Crippen LogP contribution in [0.25, 0.3) is 5.82 Å². The SMILES string of the molecule is CCc1nn(C)c(-n2nc(C)nc2C)c1NC(=O)NCCc1cnc(C2CC2)nc1. The van der Waals surface area contributed by atoms with Gasteiger partial charge in [-0.3, -0.25) is 0 Å². The highest BCUT2D eigenvalue weighted by atomic mass is 16.2. The molecule has 10 nitrogen and oxygen atoms in total. The average Bonchev–Trinajstić information content (AvgIpc) is 3.45. The number of hydrogen-bond donors (Lipinski definition) is 2. The van der Waals surface area contributed by atoms with E-state index in [1.54, 1.807) is 9.36 Å². The van der Waals surface area contributed by atoms with Crippen molar-refractivity contribution in [1.29, 1.82) is 0 Å². The first-order chi connectivity index (χ1) is 14.5. The van der Waals surface area contributed by atoms with Crippen LogP contribution in [0.1, 0.15) is 54.4 Å². The minimum Gasteiger partial charge on any atom is -0.338 e. The monoisotopic (exact) mass is 409 g/mol. The van der Waals surface area contributed by atoms with Crippen LogP contribution in [0.5, 0.6) is 0 Å². The van der Waals surface area contributed by atoms with E-state index in [-0.39, 0.29) is 6.03 Å². The zero-order valence-electron chi connectivity index (χ0n) is 17.8. The first-order valence-corrected chi connectivity index (χ1v) is 10.3. The lowest BCUT2D eigenvalue weighted by molar-refractivity contribution is 0.252. The first kappa shape index (κ1) is 20.0. The maximum atomic E-state index is 12.6. The number of carbonyl (C=O) groups excluding carboxylic acids is 1. The van der Waals surface area contributed by atoms with E-state index in [9.17, 15) is 4.79 Å². The summed E-state index contributed by atoms with van der Waals surface area (Å²) in [6, 6.07) is -0.288. The Morgan fingerprint density at radius 2 is 1.93 bits per heavy atom. The molecule has 0 aliphatic heterocycles. The van der Waals surface area contributed by atoms with Crippen LogP contribution < -0.4 is 10.6 Å². The van der Waals surface area contributed by atoms with Gasteiger partial charge in [0.25, 0.3) is 0 Å². The smallest absolute Gasteiger partial charge is 0.319 e. The van der Waals surface area contributed by atoms with E-state index in [1.165, 1.54) is 12.8 Å². The number of anilines is 1. The Labute approximate surface area is 175 Å². The molecule has 1 saturated carbocycles. The molecule has 1 aliphatic carbocycles. The van der Waals surface area contributed by atoms with Crippen LogP contribution in [-0.4, -0.2) is 47.1 Å². The third-order valence-electron chi connectivity index (χ3n) is 5.11. The summed E-state index contributed by atoms with van der Waals surface area (Å²) in [4.78, 5) is 25.8. The van der Waals surface area contributed by atoms with Gasteiger partial charge < -0.3 is 10.6 Å². The standard InChI is InChI=1S/C20H27N9O/c1-5-16-17(19(28(4)27-16)29-13(3)24-12(2)26-29)25-20(30)21-9-8-14-10-22-18(23-11-14)15-6-7-15/h10-11,15H,5-9H2,1-4H3,(H2,21,25,30). The molecule has 0 bridgehead atoms. The van der Waals surface area contributed by atoms with Crippen molar-refractivity contribution in [1.82, 2.24) is 39.8 Å². The molecule has 0 unspecified atom stereocenters. The molecule has 1 fully saturated rings. The molecule has 2 N–H and O–H groups in total. The Kier molecular flexibility index (Phi) is 5.47. The van der Waals surface area contributed by atoms with Gasteiger partial charge in [-0.25, -0.2) is 24.4 Å². The van der Waals surface area contributed by atoms with Crippen molar-refractivity contribution in [2.75, 3.05) is 11.9 Å². The van der Waals surface area contributed by atoms with Crippen molar-refractivity contribution < 1.29 is 4.79 Å². The highest BCUT2D eigenvalue weighted by Crippen LogP contribution is 2.37. The number of aromatic nitrogens is 7. The van der Waals surface area contributed by atoms with Gasteiger partial charge in [0.15, 0.2) is 5.82 Å². The van der Waals surface area contributed by atoms with Gasteiger partial charge in [0, 0.05) is 31.9 Å². The molecule has 0 radical (unpaired) electrons. The number of hydrogen-bond acceptors (Lipinski definition) is 6. The minimum absolute atomic E-state index is 0.288. The van der Waals surface area contributed by atoms with Crippen LogP contribution in [0.3, 0.4) is 0 Å². The maximum Gasteiger partial charge on any atom is 0.319 e. The molecule has 158 valence electrons. The van der Waals surface area contributed by atoms with E-state index < -0.39 is 0 Å². The number of nitrogens with zero attached hydrogens (tertiary/aromatic N) is 7. The normalized spacial score (nSPS) is 13.5. The summed E-state index contributed by atoms with van der Waals surface area (Å²) in [5, 5.41) is 14.8. The molecule has 2 amide bonds. The average molecular weight is 409 g/mol. The van der Waals surface area contributed by atoms with E-state index in [2.05, 4.69) is 35.8 Å². The van der Waals surface area contributed by atoms with Gasteiger partial charge >= 0.3 is 6.03 Å². The molecule has 0 aromatic carbocycles. The predicted molar refractivity (Wildman–Crippen MR) is 112 cm³/mol. The molecular weight excluding hydrogens is 382 g/mol. The third-order valence-corrected chi connectivity index (χ3v) is 5.11. The van der Waals surface area contributed by atoms with Crippen molar-refractivity contribution in [2.45, 2.75) is 52.4 Å². The lowest BCUT2D eigenvalue weighted by atomic mass is 10.2. The molecule has 4 rings (SSSR count). The minimum atomic E-state index is -0.288. The van der Waals surface area contributed by atoms with Crippen LogP contribution >= 0.6 is 0 Å². The fourth-order valence-electron chi connectivity index (χ4n) is 3.43. The number of amides is 2. The van der Waals surface area contributed by atoms with Crippen molar-refractivity contribution in [3.63, 3.8) is 0 Å². The van der Waals surface area contributed by atoms with Gasteiger partial charge in [-0.15, -0.1) is 5.10 Å². The lowest BCUT2D eigenvalue weighted by Gasteiger charge is -2.11. The van der Waals surface area contributed by atoms with Gasteiger partial charge in [-0.05, 0) is 45.1 Å². The topological polar surface area (TPSA) is 115 Å². The summed E-state index contributed by atoms with van der Waals surface area (Å²) in [7, 11) is 1.83. The Morgan fingerprint density at radius 1 is 1.20 bits per heavy atom. The van der Waals surface area contributed by atoms with Crippen LogP contribution in [0.15, 0.2) is 12.4 Å². The molecule has 30 heavy (non-hydrogen) atoms. The van der Waals surface area contributed by atoms with Gasteiger partial charge in [-0.1, -0.05) is 6.92 Å². The van der Waals surface area contributed by atoms with E-state index in [1.807, 2.05) is 40.2 Å². The fraction of sp³-hybridized carbons (Fsp3) is 0.500. The van der Waals surface area contributed by atoms with Crippen LogP contribution in [0.4, 0.5) is 10.5 Å². The number of carbonyl (C=O) groups is 1. The molecule has 3 aromatic rings. The Balaban J connectivity index is 1.41. The third kappa shape index (κ3) is 4.17. The molecule has 0 atom stereocenters. The van der Waals surface area contributed by atoms with Gasteiger partial charge in [0.05, 0.1) is 5.69 Å². The van der Waals surface area contributed by atoms with Gasteiger partial charge in [-0.2, -0.15) is 9.78 Å². The van der Waals surface area contributed by atoms with Crippen molar-refractivity contribution >= 4 is 11.7 Å². The highest BCUT2D eigenvalue weighted by molar-refractivity contribution is 5.92. The summed E-state index contributed by atoms with van der Waals surface area (Å²) in [6.45, 7) is 6.19. The second-order valence-corrected chi connectivity index (χ2v) is 7.60. The quantitative estimate of drug-likeness (QED) is 0.618. The zero-order valence-corrected chi connectivity index (χ0v) is 17.8. The summed E-state index contributed by atoms with van der Waals surface area (Å²) in [5.41, 5.74) is 2.44. The summed E-state index contributed by atoms with van der Waals surface area (Å²) in [5.74, 6) is 3.55. The Morgan fingerprint density at radius 3 is 2.53 bits per heavy atom. The number of urea groups is 1. The lowest BCUT2D eigenvalue weighted by Crippen LogP contribution is -2.31. The number of rotatable bonds is 7. The van der Waals surface area contributed by atoms with E-state index in [0.717, 1.165) is 22.9 Å². The van der Waals surface area contributed by atoms with Crippen LogP contribution in [0.2, 0.25) is 0 Å². The Bertz CT molecular complexity index is 1050. The number of aryl methyl sites for hydroxylation is 4. The van der Waals surface area contributed by atoms with Crippen molar-refractivity contribution in [2.24, 2.45) is 7.05 Å². The zero-order chi connectivity index (χ0) is 21.3. The molecule has 0 spiro atoms. The van der Waals surface area contributed by atoms with E-state index in [0.29, 0.717) is 42.6 Å². The van der Waals surface area contributed by atoms with E-state index in [4.69, 9.17) is 0 Å². The van der Waals surface area contributed by atoms with Crippen LogP contribution in [-0.2, 0) is 19.9 Å². The second-order valence-electron chi connectivity index (χ2n) is 7.60. The van der Waals surface area contributed by atoms with Gasteiger partial charge in [0.1, 0.15) is 23.2 Å².